The molecule has 0 aliphatic heterocycles. The Labute approximate surface area is 78.9 Å². The predicted molar refractivity (Wildman–Crippen MR) is 54.2 cm³/mol. The second kappa shape index (κ2) is 3.56. The van der Waals surface area contributed by atoms with E-state index in [0.717, 1.165) is 16.8 Å². The molecule has 1 aromatic heterocycles. The Balaban J connectivity index is 3.09. The Hall–Kier alpha value is -1.38. The maximum atomic E-state index is 7.76. The molecule has 0 aliphatic carbocycles. The number of amidine groups is 1. The number of hydrogen-bond donors (Lipinski definition) is 1. The normalized spacial score (nSPS) is 9.85. The molecule has 0 bridgehead atoms. The van der Waals surface area contributed by atoms with Gasteiger partial charge in [0.1, 0.15) is 11.5 Å². The van der Waals surface area contributed by atoms with Crippen molar-refractivity contribution in [1.29, 1.82) is 5.41 Å². The van der Waals surface area contributed by atoms with E-state index in [-0.39, 0.29) is 0 Å². The number of aromatic nitrogens is 1. The van der Waals surface area contributed by atoms with E-state index >= 15 is 0 Å². The molecule has 1 aromatic rings. The van der Waals surface area contributed by atoms with Gasteiger partial charge in [0.15, 0.2) is 0 Å². The van der Waals surface area contributed by atoms with Crippen LogP contribution in [0.15, 0.2) is 12.3 Å². The van der Waals surface area contributed by atoms with Gasteiger partial charge in [-0.25, -0.2) is 0 Å². The Morgan fingerprint density at radius 1 is 1.38 bits per heavy atom. The maximum Gasteiger partial charge on any atom is 0.146 e. The zero-order valence-electron chi connectivity index (χ0n) is 8.55. The summed E-state index contributed by atoms with van der Waals surface area (Å²) in [6.45, 7) is 3.98. The average molecular weight is 177 g/mol. The fourth-order valence-corrected chi connectivity index (χ4v) is 1.18. The van der Waals surface area contributed by atoms with Gasteiger partial charge in [0.2, 0.25) is 0 Å². The number of nitrogens with zero attached hydrogens (tertiary/aromatic N) is 2. The van der Waals surface area contributed by atoms with E-state index in [0.29, 0.717) is 5.84 Å². The van der Waals surface area contributed by atoms with Crippen molar-refractivity contribution in [3.05, 3.63) is 29.1 Å². The van der Waals surface area contributed by atoms with Crippen molar-refractivity contribution in [3.63, 3.8) is 0 Å². The van der Waals surface area contributed by atoms with Crippen molar-refractivity contribution in [2.24, 2.45) is 0 Å². The topological polar surface area (TPSA) is 40.0 Å². The summed E-state index contributed by atoms with van der Waals surface area (Å²) < 4.78 is 0. The fourth-order valence-electron chi connectivity index (χ4n) is 1.18. The second-order valence-electron chi connectivity index (χ2n) is 3.42. The molecule has 70 valence electrons. The lowest BCUT2D eigenvalue weighted by molar-refractivity contribution is 0.616. The lowest BCUT2D eigenvalue weighted by Crippen LogP contribution is -2.23. The first kappa shape index (κ1) is 9.71. The molecule has 0 atom stereocenters. The molecule has 0 spiro atoms. The van der Waals surface area contributed by atoms with Crippen LogP contribution in [0.3, 0.4) is 0 Å². The highest BCUT2D eigenvalue weighted by Crippen LogP contribution is 2.08. The first-order chi connectivity index (χ1) is 6.02. The maximum absolute atomic E-state index is 7.76. The summed E-state index contributed by atoms with van der Waals surface area (Å²) in [6.07, 6.45) is 1.79. The van der Waals surface area contributed by atoms with Gasteiger partial charge >= 0.3 is 0 Å². The first-order valence-electron chi connectivity index (χ1n) is 4.22. The summed E-state index contributed by atoms with van der Waals surface area (Å²) in [5, 5.41) is 7.76. The number of rotatable bonds is 1. The fraction of sp³-hybridized carbons (Fsp3) is 0.400. The second-order valence-corrected chi connectivity index (χ2v) is 3.42. The molecule has 0 saturated carbocycles. The SMILES string of the molecule is Cc1cnc(C(=N)N(C)C)c(C)c1. The molecule has 0 radical (unpaired) electrons. The van der Waals surface area contributed by atoms with Crippen molar-refractivity contribution >= 4 is 5.84 Å². The van der Waals surface area contributed by atoms with E-state index in [1.807, 2.05) is 34.0 Å². The number of pyridine rings is 1. The van der Waals surface area contributed by atoms with Crippen LogP contribution < -0.4 is 0 Å². The van der Waals surface area contributed by atoms with Gasteiger partial charge in [-0.05, 0) is 25.0 Å². The summed E-state index contributed by atoms with van der Waals surface area (Å²) in [6, 6.07) is 2.04. The number of nitrogens with one attached hydrogen (secondary N) is 1. The van der Waals surface area contributed by atoms with Crippen LogP contribution in [0.2, 0.25) is 0 Å². The molecule has 1 rings (SSSR count). The van der Waals surface area contributed by atoms with E-state index in [1.165, 1.54) is 0 Å². The highest BCUT2D eigenvalue weighted by molar-refractivity contribution is 5.95. The average Bonchev–Trinajstić information content (AvgIpc) is 2.03. The molecule has 0 aliphatic rings. The van der Waals surface area contributed by atoms with Crippen LogP contribution in [0.25, 0.3) is 0 Å². The molecule has 0 fully saturated rings. The van der Waals surface area contributed by atoms with Crippen molar-refractivity contribution in [2.75, 3.05) is 14.1 Å². The highest BCUT2D eigenvalue weighted by atomic mass is 15.1. The Morgan fingerprint density at radius 2 is 2.00 bits per heavy atom. The van der Waals surface area contributed by atoms with Crippen LogP contribution in [0.1, 0.15) is 16.8 Å². The summed E-state index contributed by atoms with van der Waals surface area (Å²) >= 11 is 0. The standard InChI is InChI=1S/C10H15N3/c1-7-5-8(2)9(12-6-7)10(11)13(3)4/h5-6,11H,1-4H3. The third kappa shape index (κ3) is 2.05. The summed E-state index contributed by atoms with van der Waals surface area (Å²) in [5.74, 6) is 0.456. The van der Waals surface area contributed by atoms with Gasteiger partial charge in [0.25, 0.3) is 0 Å². The molecule has 3 nitrogen and oxygen atoms in total. The molecular formula is C10H15N3. The molecule has 0 aromatic carbocycles. The highest BCUT2D eigenvalue weighted by Gasteiger charge is 2.07. The lowest BCUT2D eigenvalue weighted by Gasteiger charge is -2.14. The van der Waals surface area contributed by atoms with Gasteiger partial charge in [-0.15, -0.1) is 0 Å². The number of hydrogen-bond acceptors (Lipinski definition) is 2. The molecule has 1 N–H and O–H groups in total. The Kier molecular flexibility index (Phi) is 2.66. The Bertz CT molecular complexity index is 329. The molecule has 3 heteroatoms. The van der Waals surface area contributed by atoms with E-state index in [9.17, 15) is 0 Å². The third-order valence-corrected chi connectivity index (χ3v) is 1.89. The minimum absolute atomic E-state index is 0.456. The summed E-state index contributed by atoms with van der Waals surface area (Å²) in [4.78, 5) is 5.99. The van der Waals surface area contributed by atoms with Gasteiger partial charge in [0.05, 0.1) is 0 Å². The van der Waals surface area contributed by atoms with Crippen molar-refractivity contribution in [2.45, 2.75) is 13.8 Å². The van der Waals surface area contributed by atoms with E-state index in [1.54, 1.807) is 11.1 Å². The molecule has 0 amide bonds. The third-order valence-electron chi connectivity index (χ3n) is 1.89. The Morgan fingerprint density at radius 3 is 2.46 bits per heavy atom. The first-order valence-corrected chi connectivity index (χ1v) is 4.22. The summed E-state index contributed by atoms with van der Waals surface area (Å²) in [7, 11) is 3.70. The number of aryl methyl sites for hydroxylation is 2. The van der Waals surface area contributed by atoms with E-state index in [2.05, 4.69) is 4.98 Å². The van der Waals surface area contributed by atoms with Gasteiger partial charge in [-0.2, -0.15) is 0 Å². The molecular weight excluding hydrogens is 162 g/mol. The quantitative estimate of drug-likeness (QED) is 0.522. The largest absolute Gasteiger partial charge is 0.361 e. The van der Waals surface area contributed by atoms with Crippen molar-refractivity contribution in [1.82, 2.24) is 9.88 Å². The van der Waals surface area contributed by atoms with Gasteiger partial charge < -0.3 is 4.90 Å². The zero-order chi connectivity index (χ0) is 10.0. The van der Waals surface area contributed by atoms with Crippen LogP contribution in [0.5, 0.6) is 0 Å². The molecule has 0 saturated heterocycles. The van der Waals surface area contributed by atoms with Crippen LogP contribution in [-0.4, -0.2) is 29.8 Å². The zero-order valence-corrected chi connectivity index (χ0v) is 8.55. The molecule has 1 heterocycles. The van der Waals surface area contributed by atoms with E-state index in [4.69, 9.17) is 5.41 Å². The van der Waals surface area contributed by atoms with Gasteiger partial charge in [-0.1, -0.05) is 6.07 Å². The van der Waals surface area contributed by atoms with E-state index < -0.39 is 0 Å². The van der Waals surface area contributed by atoms with Crippen molar-refractivity contribution < 1.29 is 0 Å². The van der Waals surface area contributed by atoms with Crippen molar-refractivity contribution in [3.8, 4) is 0 Å². The van der Waals surface area contributed by atoms with Gasteiger partial charge in [0, 0.05) is 20.3 Å². The lowest BCUT2D eigenvalue weighted by atomic mass is 10.1. The minimum Gasteiger partial charge on any atom is -0.361 e. The predicted octanol–water partition coefficient (Wildman–Crippen LogP) is 1.59. The smallest absolute Gasteiger partial charge is 0.146 e. The minimum atomic E-state index is 0.456. The van der Waals surface area contributed by atoms with Gasteiger partial charge in [-0.3, -0.25) is 10.4 Å². The van der Waals surface area contributed by atoms with Crippen LogP contribution in [0, 0.1) is 19.3 Å². The molecule has 0 unspecified atom stereocenters. The van der Waals surface area contributed by atoms with Crippen LogP contribution in [0.4, 0.5) is 0 Å². The molecule has 13 heavy (non-hydrogen) atoms. The monoisotopic (exact) mass is 177 g/mol. The van der Waals surface area contributed by atoms with Crippen LogP contribution >= 0.6 is 0 Å². The summed E-state index contributed by atoms with van der Waals surface area (Å²) in [5.41, 5.74) is 2.95. The van der Waals surface area contributed by atoms with Crippen LogP contribution in [-0.2, 0) is 0 Å².